The number of likely N-dealkylation sites (N-methyl/N-ethyl adjacent to an activating group) is 1. The van der Waals surface area contributed by atoms with E-state index in [1.165, 1.54) is 17.0 Å². The molecule has 0 aliphatic heterocycles. The lowest BCUT2D eigenvalue weighted by Gasteiger charge is -2.17. The molecule has 0 bridgehead atoms. The Labute approximate surface area is 130 Å². The Kier molecular flexibility index (Phi) is 5.05. The average Bonchev–Trinajstić information content (AvgIpc) is 3.01. The van der Waals surface area contributed by atoms with Gasteiger partial charge in [-0.05, 0) is 31.2 Å². The summed E-state index contributed by atoms with van der Waals surface area (Å²) in [4.78, 5) is 17.5. The van der Waals surface area contributed by atoms with Gasteiger partial charge in [-0.15, -0.1) is 0 Å². The molecule has 2 aromatic rings. The number of aliphatic hydroxyl groups excluding tert-OH is 1. The predicted octanol–water partition coefficient (Wildman–Crippen LogP) is 2.81. The third-order valence-corrected chi connectivity index (χ3v) is 3.22. The molecule has 0 radical (unpaired) electrons. The molecule has 0 fully saturated rings. The lowest BCUT2D eigenvalue weighted by Crippen LogP contribution is -2.33. The van der Waals surface area contributed by atoms with E-state index in [0.717, 1.165) is 18.4 Å². The minimum Gasteiger partial charge on any atom is -0.444 e. The van der Waals surface area contributed by atoms with E-state index in [2.05, 4.69) is 4.98 Å². The molecule has 2 rings (SSSR count). The van der Waals surface area contributed by atoms with Crippen molar-refractivity contribution >= 4 is 5.91 Å². The molecule has 5 nitrogen and oxygen atoms in total. The average molecular weight is 328 g/mol. The Balaban J connectivity index is 2.20. The van der Waals surface area contributed by atoms with Gasteiger partial charge in [-0.1, -0.05) is 0 Å². The number of oxazole rings is 1. The maximum absolute atomic E-state index is 12.5. The quantitative estimate of drug-likeness (QED) is 0.916. The molecule has 8 heteroatoms. The Hall–Kier alpha value is -2.35. The Morgan fingerprint density at radius 3 is 2.48 bits per heavy atom. The number of carbonyl (C=O) groups is 1. The van der Waals surface area contributed by atoms with Gasteiger partial charge < -0.3 is 14.4 Å². The van der Waals surface area contributed by atoms with E-state index >= 15 is 0 Å². The third kappa shape index (κ3) is 3.89. The molecule has 0 aliphatic rings. The van der Waals surface area contributed by atoms with Gasteiger partial charge in [-0.25, -0.2) is 4.98 Å². The summed E-state index contributed by atoms with van der Waals surface area (Å²) in [5.41, 5.74) is -0.401. The molecule has 0 spiro atoms. The maximum atomic E-state index is 12.5. The molecule has 1 amide bonds. The molecule has 1 aromatic carbocycles. The van der Waals surface area contributed by atoms with Gasteiger partial charge in [-0.2, -0.15) is 13.2 Å². The van der Waals surface area contributed by atoms with Crippen LogP contribution < -0.4 is 0 Å². The van der Waals surface area contributed by atoms with E-state index in [1.807, 2.05) is 0 Å². The number of alkyl halides is 3. The topological polar surface area (TPSA) is 66.6 Å². The fourth-order valence-corrected chi connectivity index (χ4v) is 1.99. The molecule has 23 heavy (non-hydrogen) atoms. The molecule has 0 unspecified atom stereocenters. The third-order valence-electron chi connectivity index (χ3n) is 3.22. The van der Waals surface area contributed by atoms with E-state index in [0.29, 0.717) is 12.1 Å². The van der Waals surface area contributed by atoms with Gasteiger partial charge in [0.05, 0.1) is 12.2 Å². The fraction of sp³-hybridized carbons (Fsp3) is 0.333. The van der Waals surface area contributed by atoms with Crippen molar-refractivity contribution < 1.29 is 27.5 Å². The van der Waals surface area contributed by atoms with E-state index < -0.39 is 17.6 Å². The van der Waals surface area contributed by atoms with Gasteiger partial charge in [0.25, 0.3) is 5.91 Å². The zero-order valence-corrected chi connectivity index (χ0v) is 12.3. The van der Waals surface area contributed by atoms with Crippen LogP contribution in [0.3, 0.4) is 0 Å². The number of aliphatic hydroxyl groups is 1. The van der Waals surface area contributed by atoms with Crippen molar-refractivity contribution in [2.24, 2.45) is 0 Å². The zero-order chi connectivity index (χ0) is 17.0. The van der Waals surface area contributed by atoms with Crippen LogP contribution in [0.1, 0.15) is 23.0 Å². The number of amides is 1. The zero-order valence-electron chi connectivity index (χ0n) is 12.3. The first-order chi connectivity index (χ1) is 10.9. The van der Waals surface area contributed by atoms with E-state index in [4.69, 9.17) is 9.52 Å². The summed E-state index contributed by atoms with van der Waals surface area (Å²) in [6.45, 7) is 2.13. The number of nitrogens with zero attached hydrogens (tertiary/aromatic N) is 2. The van der Waals surface area contributed by atoms with Crippen LogP contribution in [0.25, 0.3) is 11.5 Å². The first-order valence-electron chi connectivity index (χ1n) is 6.90. The van der Waals surface area contributed by atoms with Crippen LogP contribution in [0.15, 0.2) is 34.9 Å². The van der Waals surface area contributed by atoms with Gasteiger partial charge in [-0.3, -0.25) is 4.79 Å². The van der Waals surface area contributed by atoms with Crippen molar-refractivity contribution in [1.29, 1.82) is 0 Å². The summed E-state index contributed by atoms with van der Waals surface area (Å²) in [5.74, 6) is -0.356. The number of carbonyl (C=O) groups excluding carboxylic acids is 1. The Morgan fingerprint density at radius 2 is 1.96 bits per heavy atom. The summed E-state index contributed by atoms with van der Waals surface area (Å²) in [6.07, 6.45) is -3.27. The highest BCUT2D eigenvalue weighted by Crippen LogP contribution is 2.30. The largest absolute Gasteiger partial charge is 0.444 e. The van der Waals surface area contributed by atoms with Crippen molar-refractivity contribution in [3.8, 4) is 11.5 Å². The van der Waals surface area contributed by atoms with Crippen LogP contribution in [-0.4, -0.2) is 40.6 Å². The van der Waals surface area contributed by atoms with Crippen molar-refractivity contribution in [3.05, 3.63) is 41.8 Å². The number of hydrogen-bond acceptors (Lipinski definition) is 4. The molecule has 1 aromatic heterocycles. The SMILES string of the molecule is CCN(CCO)C(=O)c1coc(-c2ccc(C(F)(F)F)cc2)n1. The molecule has 1 N–H and O–H groups in total. The Bertz CT molecular complexity index is 665. The summed E-state index contributed by atoms with van der Waals surface area (Å²) in [6, 6.07) is 4.30. The number of rotatable bonds is 5. The highest BCUT2D eigenvalue weighted by Gasteiger charge is 2.30. The normalized spacial score (nSPS) is 11.5. The summed E-state index contributed by atoms with van der Waals surface area (Å²) < 4.78 is 42.7. The van der Waals surface area contributed by atoms with Gasteiger partial charge in [0.1, 0.15) is 6.26 Å². The first kappa shape index (κ1) is 17.0. The minimum atomic E-state index is -4.41. The number of aromatic nitrogens is 1. The van der Waals surface area contributed by atoms with E-state index in [-0.39, 0.29) is 24.7 Å². The second-order valence-electron chi connectivity index (χ2n) is 4.72. The molecule has 0 saturated heterocycles. The van der Waals surface area contributed by atoms with Crippen molar-refractivity contribution in [2.45, 2.75) is 13.1 Å². The fourth-order valence-electron chi connectivity index (χ4n) is 1.99. The number of hydrogen-bond donors (Lipinski definition) is 1. The lowest BCUT2D eigenvalue weighted by molar-refractivity contribution is -0.137. The van der Waals surface area contributed by atoms with Crippen molar-refractivity contribution in [2.75, 3.05) is 19.7 Å². The van der Waals surface area contributed by atoms with Crippen LogP contribution in [0.2, 0.25) is 0 Å². The predicted molar refractivity (Wildman–Crippen MR) is 75.6 cm³/mol. The molecule has 0 aliphatic carbocycles. The summed E-state index contributed by atoms with van der Waals surface area (Å²) in [7, 11) is 0. The second-order valence-corrected chi connectivity index (χ2v) is 4.72. The highest BCUT2D eigenvalue weighted by molar-refractivity contribution is 5.92. The first-order valence-corrected chi connectivity index (χ1v) is 6.90. The van der Waals surface area contributed by atoms with Gasteiger partial charge in [0, 0.05) is 18.7 Å². The monoisotopic (exact) mass is 328 g/mol. The van der Waals surface area contributed by atoms with Crippen LogP contribution >= 0.6 is 0 Å². The van der Waals surface area contributed by atoms with Crippen molar-refractivity contribution in [3.63, 3.8) is 0 Å². The molecular weight excluding hydrogens is 313 g/mol. The molecular formula is C15H15F3N2O3. The standard InChI is InChI=1S/C15H15F3N2O3/c1-2-20(7-8-21)14(22)12-9-23-13(19-12)10-3-5-11(6-4-10)15(16,17)18/h3-6,9,21H,2,7-8H2,1H3. The van der Waals surface area contributed by atoms with Crippen LogP contribution in [-0.2, 0) is 6.18 Å². The number of halogens is 3. The second kappa shape index (κ2) is 6.82. The summed E-state index contributed by atoms with van der Waals surface area (Å²) in [5, 5.41) is 8.91. The van der Waals surface area contributed by atoms with Crippen LogP contribution in [0, 0.1) is 0 Å². The maximum Gasteiger partial charge on any atom is 0.416 e. The minimum absolute atomic E-state index is 0.0372. The highest BCUT2D eigenvalue weighted by atomic mass is 19.4. The van der Waals surface area contributed by atoms with Gasteiger partial charge in [0.2, 0.25) is 5.89 Å². The van der Waals surface area contributed by atoms with E-state index in [1.54, 1.807) is 6.92 Å². The lowest BCUT2D eigenvalue weighted by atomic mass is 10.1. The van der Waals surface area contributed by atoms with Crippen LogP contribution in [0.4, 0.5) is 13.2 Å². The van der Waals surface area contributed by atoms with E-state index in [9.17, 15) is 18.0 Å². The smallest absolute Gasteiger partial charge is 0.416 e. The molecule has 124 valence electrons. The Morgan fingerprint density at radius 1 is 1.30 bits per heavy atom. The van der Waals surface area contributed by atoms with Gasteiger partial charge >= 0.3 is 6.18 Å². The van der Waals surface area contributed by atoms with Crippen molar-refractivity contribution in [1.82, 2.24) is 9.88 Å². The summed E-state index contributed by atoms with van der Waals surface area (Å²) >= 11 is 0. The molecule has 0 atom stereocenters. The van der Waals surface area contributed by atoms with Crippen LogP contribution in [0.5, 0.6) is 0 Å². The molecule has 0 saturated carbocycles. The van der Waals surface area contributed by atoms with Gasteiger partial charge in [0.15, 0.2) is 5.69 Å². The number of benzene rings is 1. The molecule has 1 heterocycles.